The summed E-state index contributed by atoms with van der Waals surface area (Å²) in [5.41, 5.74) is 8.28. The van der Waals surface area contributed by atoms with E-state index in [4.69, 9.17) is 15.5 Å². The topological polar surface area (TPSA) is 61.0 Å². The summed E-state index contributed by atoms with van der Waals surface area (Å²) >= 11 is 0. The Morgan fingerprint density at radius 1 is 1.41 bits per heavy atom. The van der Waals surface area contributed by atoms with Gasteiger partial charge >= 0.3 is 0 Å². The van der Waals surface area contributed by atoms with Crippen molar-refractivity contribution in [1.82, 2.24) is 9.97 Å². The normalized spacial score (nSPS) is 28.1. The molecule has 17 heavy (non-hydrogen) atoms. The lowest BCUT2D eigenvalue weighted by molar-refractivity contribution is 0.193. The summed E-state index contributed by atoms with van der Waals surface area (Å²) in [5, 5.41) is 0. The molecular formula is C13H19N3O. The van der Waals surface area contributed by atoms with Crippen LogP contribution in [-0.2, 0) is 17.6 Å². The second-order valence-electron chi connectivity index (χ2n) is 5.11. The Morgan fingerprint density at radius 3 is 3.12 bits per heavy atom. The number of aryl methyl sites for hydroxylation is 1. The van der Waals surface area contributed by atoms with Crippen molar-refractivity contribution >= 4 is 0 Å². The van der Waals surface area contributed by atoms with Crippen LogP contribution in [0.2, 0.25) is 0 Å². The fourth-order valence-corrected chi connectivity index (χ4v) is 2.73. The van der Waals surface area contributed by atoms with Gasteiger partial charge in [0.2, 0.25) is 0 Å². The van der Waals surface area contributed by atoms with Gasteiger partial charge in [0.1, 0.15) is 5.82 Å². The largest absolute Gasteiger partial charge is 0.381 e. The van der Waals surface area contributed by atoms with Gasteiger partial charge in [0.05, 0.1) is 6.61 Å². The van der Waals surface area contributed by atoms with Gasteiger partial charge < -0.3 is 10.5 Å². The third-order valence-electron chi connectivity index (χ3n) is 3.90. The quantitative estimate of drug-likeness (QED) is 0.829. The van der Waals surface area contributed by atoms with E-state index in [-0.39, 0.29) is 0 Å². The van der Waals surface area contributed by atoms with Gasteiger partial charge in [-0.3, -0.25) is 0 Å². The summed E-state index contributed by atoms with van der Waals surface area (Å²) < 4.78 is 5.39. The first-order valence-corrected chi connectivity index (χ1v) is 6.49. The molecule has 2 unspecified atom stereocenters. The van der Waals surface area contributed by atoms with Gasteiger partial charge in [-0.1, -0.05) is 0 Å². The van der Waals surface area contributed by atoms with E-state index < -0.39 is 0 Å². The highest BCUT2D eigenvalue weighted by Gasteiger charge is 2.24. The van der Waals surface area contributed by atoms with Crippen molar-refractivity contribution in [1.29, 1.82) is 0 Å². The summed E-state index contributed by atoms with van der Waals surface area (Å²) in [6, 6.07) is 0. The maximum Gasteiger partial charge on any atom is 0.134 e. The van der Waals surface area contributed by atoms with Gasteiger partial charge in [-0.2, -0.15) is 0 Å². The molecule has 1 aliphatic carbocycles. The highest BCUT2D eigenvalue weighted by Crippen LogP contribution is 2.27. The lowest BCUT2D eigenvalue weighted by Gasteiger charge is -2.23. The molecule has 0 saturated carbocycles. The van der Waals surface area contributed by atoms with Gasteiger partial charge in [0.25, 0.3) is 0 Å². The van der Waals surface area contributed by atoms with E-state index in [0.29, 0.717) is 11.8 Å². The minimum atomic E-state index is 0.410. The van der Waals surface area contributed by atoms with Crippen molar-refractivity contribution in [3.05, 3.63) is 23.3 Å². The molecule has 92 valence electrons. The maximum absolute atomic E-state index is 5.73. The summed E-state index contributed by atoms with van der Waals surface area (Å²) in [4.78, 5) is 9.24. The zero-order valence-corrected chi connectivity index (χ0v) is 10.1. The van der Waals surface area contributed by atoms with Crippen LogP contribution in [0.3, 0.4) is 0 Å². The Kier molecular flexibility index (Phi) is 3.07. The highest BCUT2D eigenvalue weighted by molar-refractivity contribution is 5.22. The number of hydrogen-bond donors (Lipinski definition) is 1. The van der Waals surface area contributed by atoms with Gasteiger partial charge in [-0.05, 0) is 43.7 Å². The van der Waals surface area contributed by atoms with Crippen molar-refractivity contribution in [2.24, 2.45) is 11.7 Å². The van der Waals surface area contributed by atoms with E-state index in [1.54, 1.807) is 0 Å². The molecule has 1 saturated heterocycles. The van der Waals surface area contributed by atoms with Crippen molar-refractivity contribution < 1.29 is 4.74 Å². The van der Waals surface area contributed by atoms with Gasteiger partial charge in [0, 0.05) is 24.4 Å². The SMILES string of the molecule is NCC1CCc2nc(C3CCOC3)ncc2C1. The van der Waals surface area contributed by atoms with E-state index in [1.807, 2.05) is 6.20 Å². The molecule has 1 aliphatic heterocycles. The molecule has 2 heterocycles. The first-order valence-electron chi connectivity index (χ1n) is 6.49. The average molecular weight is 233 g/mol. The molecule has 4 heteroatoms. The van der Waals surface area contributed by atoms with Crippen LogP contribution < -0.4 is 5.73 Å². The maximum atomic E-state index is 5.73. The third kappa shape index (κ3) is 2.19. The Bertz CT molecular complexity index is 402. The van der Waals surface area contributed by atoms with Crippen molar-refractivity contribution in [2.45, 2.75) is 31.6 Å². The Labute approximate surface area is 102 Å². The molecule has 1 aromatic heterocycles. The van der Waals surface area contributed by atoms with Crippen LogP contribution in [0.1, 0.15) is 35.8 Å². The molecule has 3 rings (SSSR count). The van der Waals surface area contributed by atoms with Crippen molar-refractivity contribution in [2.75, 3.05) is 19.8 Å². The molecule has 2 aliphatic rings. The van der Waals surface area contributed by atoms with E-state index in [9.17, 15) is 0 Å². The summed E-state index contributed by atoms with van der Waals surface area (Å²) in [7, 11) is 0. The summed E-state index contributed by atoms with van der Waals surface area (Å²) in [5.74, 6) is 2.01. The number of nitrogens with zero attached hydrogens (tertiary/aromatic N) is 2. The second-order valence-corrected chi connectivity index (χ2v) is 5.11. The lowest BCUT2D eigenvalue weighted by Crippen LogP contribution is -2.23. The summed E-state index contributed by atoms with van der Waals surface area (Å²) in [6.45, 7) is 2.40. The molecule has 0 radical (unpaired) electrons. The fourth-order valence-electron chi connectivity index (χ4n) is 2.73. The lowest BCUT2D eigenvalue weighted by atomic mass is 9.87. The predicted octanol–water partition coefficient (Wildman–Crippen LogP) is 1.04. The summed E-state index contributed by atoms with van der Waals surface area (Å²) in [6.07, 6.45) is 6.34. The first-order chi connectivity index (χ1) is 8.36. The molecule has 1 fully saturated rings. The van der Waals surface area contributed by atoms with Crippen molar-refractivity contribution in [3.8, 4) is 0 Å². The zero-order valence-electron chi connectivity index (χ0n) is 10.1. The standard InChI is InChI=1S/C13H19N3O/c14-6-9-1-2-12-11(5-9)7-15-13(16-12)10-3-4-17-8-10/h7,9-10H,1-6,8,14H2. The van der Waals surface area contributed by atoms with E-state index in [0.717, 1.165) is 44.8 Å². The second kappa shape index (κ2) is 4.70. The first kappa shape index (κ1) is 11.1. The molecule has 4 nitrogen and oxygen atoms in total. The van der Waals surface area contributed by atoms with Gasteiger partial charge in [0.15, 0.2) is 0 Å². The Balaban J connectivity index is 1.82. The minimum absolute atomic E-state index is 0.410. The van der Waals surface area contributed by atoms with E-state index >= 15 is 0 Å². The fraction of sp³-hybridized carbons (Fsp3) is 0.692. The molecular weight excluding hydrogens is 214 g/mol. The van der Waals surface area contributed by atoms with Crippen LogP contribution >= 0.6 is 0 Å². The smallest absolute Gasteiger partial charge is 0.134 e. The number of aromatic nitrogens is 2. The molecule has 0 aromatic carbocycles. The van der Waals surface area contributed by atoms with E-state index in [1.165, 1.54) is 17.7 Å². The molecule has 0 amide bonds. The van der Waals surface area contributed by atoms with Crippen LogP contribution in [0, 0.1) is 5.92 Å². The van der Waals surface area contributed by atoms with Crippen LogP contribution in [0.5, 0.6) is 0 Å². The predicted molar refractivity (Wildman–Crippen MR) is 64.8 cm³/mol. The van der Waals surface area contributed by atoms with Crippen LogP contribution in [0.25, 0.3) is 0 Å². The number of fused-ring (bicyclic) bond motifs is 1. The Hall–Kier alpha value is -1.00. The molecule has 2 atom stereocenters. The molecule has 0 spiro atoms. The number of ether oxygens (including phenoxy) is 1. The number of rotatable bonds is 2. The average Bonchev–Trinajstić information content (AvgIpc) is 2.91. The molecule has 2 N–H and O–H groups in total. The van der Waals surface area contributed by atoms with Crippen LogP contribution in [0.15, 0.2) is 6.20 Å². The minimum Gasteiger partial charge on any atom is -0.381 e. The van der Waals surface area contributed by atoms with Gasteiger partial charge in [-0.25, -0.2) is 9.97 Å². The number of hydrogen-bond acceptors (Lipinski definition) is 4. The Morgan fingerprint density at radius 2 is 2.35 bits per heavy atom. The van der Waals surface area contributed by atoms with Gasteiger partial charge in [-0.15, -0.1) is 0 Å². The van der Waals surface area contributed by atoms with E-state index in [2.05, 4.69) is 4.98 Å². The third-order valence-corrected chi connectivity index (χ3v) is 3.90. The molecule has 1 aromatic rings. The molecule has 0 bridgehead atoms. The van der Waals surface area contributed by atoms with Crippen molar-refractivity contribution in [3.63, 3.8) is 0 Å². The highest BCUT2D eigenvalue weighted by atomic mass is 16.5. The number of nitrogens with two attached hydrogens (primary N) is 1. The zero-order chi connectivity index (χ0) is 11.7. The monoisotopic (exact) mass is 233 g/mol. The van der Waals surface area contributed by atoms with Crippen LogP contribution in [-0.4, -0.2) is 29.7 Å². The van der Waals surface area contributed by atoms with Crippen LogP contribution in [0.4, 0.5) is 0 Å².